The predicted molar refractivity (Wildman–Crippen MR) is 174 cm³/mol. The van der Waals surface area contributed by atoms with Crippen molar-refractivity contribution in [3.8, 4) is 0 Å². The smallest absolute Gasteiger partial charge is 0.243 e. The van der Waals surface area contributed by atoms with Crippen LogP contribution in [0.5, 0.6) is 0 Å². The summed E-state index contributed by atoms with van der Waals surface area (Å²) in [5, 5.41) is 3.08. The van der Waals surface area contributed by atoms with Crippen LogP contribution in [-0.2, 0) is 32.6 Å². The molecule has 1 N–H and O–H groups in total. The van der Waals surface area contributed by atoms with E-state index < -0.39 is 16.1 Å². The third kappa shape index (κ3) is 9.70. The Morgan fingerprint density at radius 3 is 2.24 bits per heavy atom. The average Bonchev–Trinajstić information content (AvgIpc) is 2.94. The van der Waals surface area contributed by atoms with Crippen molar-refractivity contribution < 1.29 is 18.0 Å². The number of nitrogens with zero attached hydrogens (tertiary/aromatic N) is 2. The molecule has 0 saturated heterocycles. The molecule has 226 valence electrons. The lowest BCUT2D eigenvalue weighted by Crippen LogP contribution is -2.52. The minimum absolute atomic E-state index is 0.0418. The first-order chi connectivity index (χ1) is 19.9. The monoisotopic (exact) mass is 655 g/mol. The Morgan fingerprint density at radius 1 is 0.929 bits per heavy atom. The van der Waals surface area contributed by atoms with Crippen molar-refractivity contribution >= 4 is 43.5 Å². The van der Waals surface area contributed by atoms with E-state index in [4.69, 9.17) is 0 Å². The maximum atomic E-state index is 14.0. The maximum absolute atomic E-state index is 14.0. The molecule has 0 bridgehead atoms. The first-order valence-corrected chi connectivity index (χ1v) is 17.0. The highest BCUT2D eigenvalue weighted by Gasteiger charge is 2.31. The van der Waals surface area contributed by atoms with Gasteiger partial charge < -0.3 is 10.2 Å². The van der Waals surface area contributed by atoms with Gasteiger partial charge in [0.2, 0.25) is 21.8 Å². The van der Waals surface area contributed by atoms with Gasteiger partial charge in [-0.2, -0.15) is 0 Å². The third-order valence-electron chi connectivity index (χ3n) is 7.44. The molecule has 3 rings (SSSR count). The summed E-state index contributed by atoms with van der Waals surface area (Å²) < 4.78 is 27.7. The highest BCUT2D eigenvalue weighted by Crippen LogP contribution is 2.23. The lowest BCUT2D eigenvalue weighted by atomic mass is 10.0. The molecule has 0 radical (unpaired) electrons. The molecule has 0 aromatic heterocycles. The largest absolute Gasteiger partial charge is 0.352 e. The Bertz CT molecular complexity index is 1460. The summed E-state index contributed by atoms with van der Waals surface area (Å²) in [4.78, 5) is 29.3. The average molecular weight is 657 g/mol. The quantitative estimate of drug-likeness (QED) is 0.225. The molecular formula is C33H42BrN3O4S. The minimum Gasteiger partial charge on any atom is -0.352 e. The van der Waals surface area contributed by atoms with Gasteiger partial charge in [-0.05, 0) is 80.1 Å². The number of nitrogens with one attached hydrogen (secondary N) is 1. The topological polar surface area (TPSA) is 86.8 Å². The SMILES string of the molecule is CCC(C)NC(=O)C(Cc1ccccc1)N(Cc1cccc(Br)c1)C(=O)CCCN(c1ccc(C)c(C)c1)S(C)(=O)=O. The van der Waals surface area contributed by atoms with Gasteiger partial charge >= 0.3 is 0 Å². The fourth-order valence-corrected chi connectivity index (χ4v) is 6.12. The van der Waals surface area contributed by atoms with Gasteiger partial charge in [0.25, 0.3) is 0 Å². The Labute approximate surface area is 259 Å². The van der Waals surface area contributed by atoms with Crippen molar-refractivity contribution in [3.63, 3.8) is 0 Å². The van der Waals surface area contributed by atoms with Crippen molar-refractivity contribution in [1.82, 2.24) is 10.2 Å². The second-order valence-corrected chi connectivity index (χ2v) is 13.7. The number of amides is 2. The van der Waals surface area contributed by atoms with Crippen LogP contribution in [0.25, 0.3) is 0 Å². The highest BCUT2D eigenvalue weighted by atomic mass is 79.9. The number of carbonyl (C=O) groups excluding carboxylic acids is 2. The lowest BCUT2D eigenvalue weighted by molar-refractivity contribution is -0.141. The molecule has 0 heterocycles. The van der Waals surface area contributed by atoms with Crippen LogP contribution in [0, 0.1) is 13.8 Å². The van der Waals surface area contributed by atoms with Crippen LogP contribution in [0.1, 0.15) is 55.4 Å². The molecule has 0 aliphatic rings. The second kappa shape index (κ2) is 15.3. The number of anilines is 1. The molecule has 2 unspecified atom stereocenters. The number of aryl methyl sites for hydroxylation is 2. The van der Waals surface area contributed by atoms with E-state index in [9.17, 15) is 18.0 Å². The van der Waals surface area contributed by atoms with Crippen LogP contribution < -0.4 is 9.62 Å². The summed E-state index contributed by atoms with van der Waals surface area (Å²) in [6.07, 6.45) is 2.70. The first-order valence-electron chi connectivity index (χ1n) is 14.3. The van der Waals surface area contributed by atoms with Gasteiger partial charge in [0.15, 0.2) is 0 Å². The molecule has 9 heteroatoms. The van der Waals surface area contributed by atoms with E-state index in [2.05, 4.69) is 21.2 Å². The second-order valence-electron chi connectivity index (χ2n) is 10.9. The molecule has 0 aliphatic carbocycles. The summed E-state index contributed by atoms with van der Waals surface area (Å²) in [5.74, 6) is -0.409. The number of sulfonamides is 1. The van der Waals surface area contributed by atoms with E-state index in [1.807, 2.05) is 94.4 Å². The molecule has 2 amide bonds. The number of hydrogen-bond acceptors (Lipinski definition) is 4. The Balaban J connectivity index is 1.90. The van der Waals surface area contributed by atoms with Gasteiger partial charge in [-0.1, -0.05) is 71.4 Å². The van der Waals surface area contributed by atoms with Crippen molar-refractivity contribution in [2.24, 2.45) is 0 Å². The molecule has 7 nitrogen and oxygen atoms in total. The number of hydrogen-bond donors (Lipinski definition) is 1. The van der Waals surface area contributed by atoms with E-state index in [1.165, 1.54) is 10.6 Å². The van der Waals surface area contributed by atoms with Gasteiger partial charge in [-0.3, -0.25) is 13.9 Å². The summed E-state index contributed by atoms with van der Waals surface area (Å²) in [6.45, 7) is 8.28. The molecule has 42 heavy (non-hydrogen) atoms. The zero-order valence-corrected chi connectivity index (χ0v) is 27.5. The Morgan fingerprint density at radius 2 is 1.62 bits per heavy atom. The van der Waals surface area contributed by atoms with Gasteiger partial charge in [-0.15, -0.1) is 0 Å². The molecule has 3 aromatic carbocycles. The number of halogens is 1. The molecular weight excluding hydrogens is 614 g/mol. The van der Waals surface area contributed by atoms with Crippen LogP contribution in [0.4, 0.5) is 5.69 Å². The van der Waals surface area contributed by atoms with Crippen LogP contribution in [-0.4, -0.2) is 50.0 Å². The van der Waals surface area contributed by atoms with E-state index in [-0.39, 0.29) is 37.4 Å². The molecule has 0 aliphatic heterocycles. The number of rotatable bonds is 14. The van der Waals surface area contributed by atoms with E-state index in [0.717, 1.165) is 33.1 Å². The first kappa shape index (κ1) is 33.3. The Hall–Kier alpha value is -3.17. The van der Waals surface area contributed by atoms with Crippen LogP contribution >= 0.6 is 15.9 Å². The molecule has 2 atom stereocenters. The van der Waals surface area contributed by atoms with Crippen LogP contribution in [0.2, 0.25) is 0 Å². The Kier molecular flexibility index (Phi) is 12.2. The summed E-state index contributed by atoms with van der Waals surface area (Å²) in [6, 6.07) is 22.1. The van der Waals surface area contributed by atoms with Crippen LogP contribution in [0.15, 0.2) is 77.3 Å². The molecule has 0 fully saturated rings. The fourth-order valence-electron chi connectivity index (χ4n) is 4.71. The fraction of sp³-hybridized carbons (Fsp3) is 0.394. The summed E-state index contributed by atoms with van der Waals surface area (Å²) in [7, 11) is -3.57. The van der Waals surface area contributed by atoms with Gasteiger partial charge in [0.1, 0.15) is 6.04 Å². The predicted octanol–water partition coefficient (Wildman–Crippen LogP) is 6.17. The minimum atomic E-state index is -3.57. The summed E-state index contributed by atoms with van der Waals surface area (Å²) >= 11 is 3.51. The highest BCUT2D eigenvalue weighted by molar-refractivity contribution is 9.10. The van der Waals surface area contributed by atoms with Crippen molar-refractivity contribution in [2.75, 3.05) is 17.1 Å². The molecule has 0 spiro atoms. The van der Waals surface area contributed by atoms with E-state index >= 15 is 0 Å². The van der Waals surface area contributed by atoms with E-state index in [1.54, 1.807) is 11.0 Å². The zero-order valence-electron chi connectivity index (χ0n) is 25.1. The van der Waals surface area contributed by atoms with Crippen molar-refractivity contribution in [1.29, 1.82) is 0 Å². The molecule has 0 saturated carbocycles. The normalized spacial score (nSPS) is 12.8. The lowest BCUT2D eigenvalue weighted by Gasteiger charge is -2.33. The van der Waals surface area contributed by atoms with Crippen molar-refractivity contribution in [2.45, 2.75) is 72.0 Å². The van der Waals surface area contributed by atoms with Gasteiger partial charge in [0.05, 0.1) is 11.9 Å². The van der Waals surface area contributed by atoms with Crippen molar-refractivity contribution in [3.05, 3.63) is 99.5 Å². The maximum Gasteiger partial charge on any atom is 0.243 e. The van der Waals surface area contributed by atoms with E-state index in [0.29, 0.717) is 18.5 Å². The standard InChI is InChI=1S/C33H42BrN3O4S/c1-6-26(4)35-33(39)31(22-27-12-8-7-9-13-27)36(23-28-14-10-15-29(34)21-28)32(38)16-11-19-37(42(5,40)41)30-18-17-24(2)25(3)20-30/h7-10,12-15,17-18,20-21,26,31H,6,11,16,19,22-23H2,1-5H3,(H,35,39). The number of carbonyl (C=O) groups is 2. The zero-order chi connectivity index (χ0) is 30.9. The van der Waals surface area contributed by atoms with Gasteiger partial charge in [-0.25, -0.2) is 8.42 Å². The van der Waals surface area contributed by atoms with Crippen LogP contribution in [0.3, 0.4) is 0 Å². The molecule has 3 aromatic rings. The summed E-state index contributed by atoms with van der Waals surface area (Å²) in [5.41, 5.74) is 4.49. The number of benzene rings is 3. The third-order valence-corrected chi connectivity index (χ3v) is 9.13. The van der Waals surface area contributed by atoms with Gasteiger partial charge in [0, 0.05) is 36.4 Å².